The van der Waals surface area contributed by atoms with Crippen molar-refractivity contribution in [3.05, 3.63) is 72.3 Å². The van der Waals surface area contributed by atoms with Crippen LogP contribution in [0.25, 0.3) is 0 Å². The molecule has 3 rings (SSSR count). The summed E-state index contributed by atoms with van der Waals surface area (Å²) in [4.78, 5) is 0. The number of rotatable bonds is 5. The van der Waals surface area contributed by atoms with Crippen LogP contribution in [0.3, 0.4) is 0 Å². The third kappa shape index (κ3) is 3.73. The highest BCUT2D eigenvalue weighted by Crippen LogP contribution is 2.47. The van der Waals surface area contributed by atoms with E-state index in [-0.39, 0.29) is 0 Å². The topological polar surface area (TPSA) is 17.1 Å². The van der Waals surface area contributed by atoms with Gasteiger partial charge in [-0.1, -0.05) is 86.2 Å². The van der Waals surface area contributed by atoms with Crippen molar-refractivity contribution in [1.29, 1.82) is 0 Å². The molecule has 0 aliphatic heterocycles. The molecule has 0 unspecified atom stereocenters. The van der Waals surface area contributed by atoms with Gasteiger partial charge in [-0.3, -0.25) is 0 Å². The molecule has 1 aliphatic carbocycles. The Morgan fingerprint density at radius 3 is 1.92 bits per heavy atom. The zero-order valence-corrected chi connectivity index (χ0v) is 15.6. The largest absolute Gasteiger partial charge is 0.313 e. The molecule has 1 atom stereocenters. The van der Waals surface area contributed by atoms with Crippen LogP contribution >= 0.6 is 7.14 Å². The summed E-state index contributed by atoms with van der Waals surface area (Å²) >= 11 is 0. The fourth-order valence-electron chi connectivity index (χ4n) is 3.61. The molecule has 0 N–H and O–H groups in total. The Kier molecular flexibility index (Phi) is 5.41. The van der Waals surface area contributed by atoms with Gasteiger partial charge in [-0.05, 0) is 31.1 Å². The predicted molar refractivity (Wildman–Crippen MR) is 105 cm³/mol. The Hall–Kier alpha value is -1.59. The normalized spacial score (nSPS) is 18.5. The van der Waals surface area contributed by atoms with Gasteiger partial charge in [0.2, 0.25) is 0 Å². The zero-order chi connectivity index (χ0) is 17.0. The van der Waals surface area contributed by atoms with Crippen LogP contribution in [0, 0.1) is 11.8 Å². The van der Waals surface area contributed by atoms with Gasteiger partial charge in [0.05, 0.1) is 0 Å². The Bertz CT molecular complexity index is 688. The SMILES string of the molecule is CC(C)[C@@H]1CC=C(CP(=O)(c2ccccc2)c2ccccc2)CC1. The van der Waals surface area contributed by atoms with E-state index in [0.29, 0.717) is 6.16 Å². The molecular weight excluding hydrogens is 311 g/mol. The Morgan fingerprint density at radius 1 is 0.958 bits per heavy atom. The van der Waals surface area contributed by atoms with Gasteiger partial charge in [-0.2, -0.15) is 0 Å². The molecule has 0 bridgehead atoms. The maximum Gasteiger partial charge on any atom is 0.147 e. The molecule has 0 aromatic heterocycles. The summed E-state index contributed by atoms with van der Waals surface area (Å²) in [6, 6.07) is 20.1. The average molecular weight is 338 g/mol. The average Bonchev–Trinajstić information content (AvgIpc) is 2.63. The third-order valence-electron chi connectivity index (χ3n) is 5.26. The summed E-state index contributed by atoms with van der Waals surface area (Å²) in [6.07, 6.45) is 6.51. The molecule has 24 heavy (non-hydrogen) atoms. The van der Waals surface area contributed by atoms with Gasteiger partial charge in [0.25, 0.3) is 0 Å². The first-order valence-corrected chi connectivity index (χ1v) is 10.9. The number of hydrogen-bond donors (Lipinski definition) is 0. The minimum Gasteiger partial charge on any atom is -0.313 e. The van der Waals surface area contributed by atoms with E-state index in [1.807, 2.05) is 60.7 Å². The van der Waals surface area contributed by atoms with Gasteiger partial charge in [0.15, 0.2) is 0 Å². The maximum atomic E-state index is 14.1. The van der Waals surface area contributed by atoms with Gasteiger partial charge in [0.1, 0.15) is 7.14 Å². The maximum absolute atomic E-state index is 14.1. The van der Waals surface area contributed by atoms with Crippen LogP contribution < -0.4 is 10.6 Å². The molecule has 0 saturated carbocycles. The fourth-order valence-corrected chi connectivity index (χ4v) is 6.44. The fraction of sp³-hybridized carbons (Fsp3) is 0.364. The smallest absolute Gasteiger partial charge is 0.147 e. The Morgan fingerprint density at radius 2 is 1.50 bits per heavy atom. The van der Waals surface area contributed by atoms with Crippen LogP contribution in [0.2, 0.25) is 0 Å². The molecule has 1 aliphatic rings. The predicted octanol–water partition coefficient (Wildman–Crippen LogP) is 5.38. The van der Waals surface area contributed by atoms with E-state index in [1.165, 1.54) is 12.0 Å². The third-order valence-corrected chi connectivity index (χ3v) is 8.38. The van der Waals surface area contributed by atoms with Crippen molar-refractivity contribution in [1.82, 2.24) is 0 Å². The molecule has 126 valence electrons. The van der Waals surface area contributed by atoms with Crippen LogP contribution in [0.15, 0.2) is 72.3 Å². The van der Waals surface area contributed by atoms with Crippen molar-refractivity contribution in [3.8, 4) is 0 Å². The van der Waals surface area contributed by atoms with Crippen LogP contribution in [0.1, 0.15) is 33.1 Å². The molecule has 0 saturated heterocycles. The van der Waals surface area contributed by atoms with Gasteiger partial charge in [-0.25, -0.2) is 0 Å². The number of benzene rings is 2. The van der Waals surface area contributed by atoms with Gasteiger partial charge >= 0.3 is 0 Å². The van der Waals surface area contributed by atoms with Crippen molar-refractivity contribution in [2.45, 2.75) is 33.1 Å². The molecule has 2 heteroatoms. The first kappa shape index (κ1) is 17.2. The Labute approximate surface area is 146 Å². The van der Waals surface area contributed by atoms with Crippen molar-refractivity contribution < 1.29 is 4.57 Å². The van der Waals surface area contributed by atoms with Gasteiger partial charge < -0.3 is 4.57 Å². The summed E-state index contributed by atoms with van der Waals surface area (Å²) in [6.45, 7) is 4.62. The molecule has 0 heterocycles. The van der Waals surface area contributed by atoms with Crippen molar-refractivity contribution in [2.75, 3.05) is 6.16 Å². The quantitative estimate of drug-likeness (QED) is 0.528. The molecule has 0 fully saturated rings. The summed E-state index contributed by atoms with van der Waals surface area (Å²) < 4.78 is 14.1. The molecule has 0 amide bonds. The summed E-state index contributed by atoms with van der Waals surface area (Å²) in [5.74, 6) is 1.51. The van der Waals surface area contributed by atoms with Crippen molar-refractivity contribution >= 4 is 17.8 Å². The minimum atomic E-state index is -2.60. The van der Waals surface area contributed by atoms with E-state index in [9.17, 15) is 4.57 Å². The first-order valence-electron chi connectivity index (χ1n) is 8.98. The van der Waals surface area contributed by atoms with Crippen LogP contribution in [-0.4, -0.2) is 6.16 Å². The number of allylic oxidation sites excluding steroid dienone is 2. The van der Waals surface area contributed by atoms with E-state index >= 15 is 0 Å². The van der Waals surface area contributed by atoms with E-state index in [0.717, 1.165) is 35.3 Å². The van der Waals surface area contributed by atoms with Crippen LogP contribution in [-0.2, 0) is 4.57 Å². The lowest BCUT2D eigenvalue weighted by molar-refractivity contribution is 0.351. The number of hydrogen-bond acceptors (Lipinski definition) is 1. The second kappa shape index (κ2) is 7.53. The molecule has 2 aromatic carbocycles. The second-order valence-corrected chi connectivity index (χ2v) is 10.0. The monoisotopic (exact) mass is 338 g/mol. The lowest BCUT2D eigenvalue weighted by Gasteiger charge is -2.27. The molecule has 0 radical (unpaired) electrons. The lowest BCUT2D eigenvalue weighted by atomic mass is 9.83. The second-order valence-electron chi connectivity index (χ2n) is 7.21. The van der Waals surface area contributed by atoms with E-state index < -0.39 is 7.14 Å². The molecule has 2 aromatic rings. The highest BCUT2D eigenvalue weighted by molar-refractivity contribution is 7.78. The lowest BCUT2D eigenvalue weighted by Crippen LogP contribution is -2.21. The summed E-state index contributed by atoms with van der Waals surface area (Å²) in [7, 11) is -2.60. The van der Waals surface area contributed by atoms with E-state index in [1.54, 1.807) is 0 Å². The Balaban J connectivity index is 1.92. The van der Waals surface area contributed by atoms with Crippen molar-refractivity contribution in [3.63, 3.8) is 0 Å². The van der Waals surface area contributed by atoms with Gasteiger partial charge in [-0.15, -0.1) is 0 Å². The van der Waals surface area contributed by atoms with Crippen molar-refractivity contribution in [2.24, 2.45) is 11.8 Å². The van der Waals surface area contributed by atoms with E-state index in [4.69, 9.17) is 0 Å². The zero-order valence-electron chi connectivity index (χ0n) is 14.7. The van der Waals surface area contributed by atoms with Crippen LogP contribution in [0.4, 0.5) is 0 Å². The molecule has 1 nitrogen and oxygen atoms in total. The highest BCUT2D eigenvalue weighted by Gasteiger charge is 2.29. The molecular formula is C22H27OP. The van der Waals surface area contributed by atoms with E-state index in [2.05, 4.69) is 19.9 Å². The first-order chi connectivity index (χ1) is 11.6. The molecule has 0 spiro atoms. The van der Waals surface area contributed by atoms with Gasteiger partial charge in [0, 0.05) is 16.8 Å². The highest BCUT2D eigenvalue weighted by atomic mass is 31.2. The standard InChI is InChI=1S/C22H27OP/c1-18(2)20-15-13-19(14-16-20)17-24(23,21-9-5-3-6-10-21)22-11-7-4-8-12-22/h3-13,18,20H,14-17H2,1-2H3/t20-/m1/s1. The minimum absolute atomic E-state index is 0.686. The van der Waals surface area contributed by atoms with Crippen LogP contribution in [0.5, 0.6) is 0 Å². The summed E-state index contributed by atoms with van der Waals surface area (Å²) in [5.41, 5.74) is 1.38. The summed E-state index contributed by atoms with van der Waals surface area (Å²) in [5, 5.41) is 1.95.